The molecule has 2 rings (SSSR count). The number of thioether (sulfide) groups is 1. The van der Waals surface area contributed by atoms with Gasteiger partial charge in [-0.25, -0.2) is 4.68 Å². The molecule has 0 unspecified atom stereocenters. The summed E-state index contributed by atoms with van der Waals surface area (Å²) in [5, 5.41) is 0.396. The largest absolute Gasteiger partial charge is 0.282 e. The average Bonchev–Trinajstić information content (AvgIpc) is 2.66. The van der Waals surface area contributed by atoms with Crippen molar-refractivity contribution in [2.75, 3.05) is 6.26 Å². The molecule has 7 heteroatoms. The Morgan fingerprint density at radius 2 is 1.74 bits per heavy atom. The summed E-state index contributed by atoms with van der Waals surface area (Å²) in [5.74, 6) is 0. The molecular weight excluding hydrogens is 284 g/mol. The van der Waals surface area contributed by atoms with Gasteiger partial charge in [-0.05, 0) is 25.3 Å². The monoisotopic (exact) mass is 298 g/mol. The molecule has 0 fully saturated rings. The van der Waals surface area contributed by atoms with Gasteiger partial charge in [-0.1, -0.05) is 17.7 Å². The second-order valence-corrected chi connectivity index (χ2v) is 6.70. The molecule has 0 N–H and O–H groups in total. The van der Waals surface area contributed by atoms with Gasteiger partial charge < -0.3 is 0 Å². The first kappa shape index (κ1) is 14.0. The van der Waals surface area contributed by atoms with Crippen LogP contribution in [0.4, 0.5) is 0 Å². The van der Waals surface area contributed by atoms with Gasteiger partial charge >= 0.3 is 0 Å². The molecule has 0 amide bonds. The lowest BCUT2D eigenvalue weighted by Gasteiger charge is -2.11. The second-order valence-electron chi connectivity index (χ2n) is 4.11. The van der Waals surface area contributed by atoms with Gasteiger partial charge in [0, 0.05) is 13.1 Å². The Morgan fingerprint density at radius 3 is 2.26 bits per heavy atom. The lowest BCUT2D eigenvalue weighted by molar-refractivity contribution is 0.546. The van der Waals surface area contributed by atoms with E-state index in [2.05, 4.69) is 0 Å². The van der Waals surface area contributed by atoms with Gasteiger partial charge in [0.15, 0.2) is 0 Å². The maximum Gasteiger partial charge on any atom is 0.282 e. The first-order valence-corrected chi connectivity index (χ1v) is 8.19. The highest BCUT2D eigenvalue weighted by Gasteiger charge is 2.23. The molecule has 0 saturated carbocycles. The fourth-order valence-corrected chi connectivity index (χ4v) is 4.11. The third kappa shape index (κ3) is 2.35. The fourth-order valence-electron chi connectivity index (χ4n) is 1.72. The number of benzene rings is 1. The maximum absolute atomic E-state index is 12.5. The number of aromatic nitrogens is 2. The van der Waals surface area contributed by atoms with Crippen molar-refractivity contribution in [3.8, 4) is 0 Å². The highest BCUT2D eigenvalue weighted by Crippen LogP contribution is 2.20. The van der Waals surface area contributed by atoms with Gasteiger partial charge in [0.1, 0.15) is 5.03 Å². The van der Waals surface area contributed by atoms with Crippen molar-refractivity contribution in [2.24, 2.45) is 7.05 Å². The van der Waals surface area contributed by atoms with Gasteiger partial charge in [-0.3, -0.25) is 4.79 Å². The van der Waals surface area contributed by atoms with Crippen LogP contribution in [0.15, 0.2) is 45.0 Å². The zero-order valence-electron chi connectivity index (χ0n) is 10.8. The van der Waals surface area contributed by atoms with Crippen molar-refractivity contribution >= 4 is 21.8 Å². The van der Waals surface area contributed by atoms with Crippen LogP contribution >= 0.6 is 11.8 Å². The van der Waals surface area contributed by atoms with Crippen molar-refractivity contribution in [3.63, 3.8) is 0 Å². The minimum absolute atomic E-state index is 0.166. The molecule has 1 heterocycles. The third-order valence-corrected chi connectivity index (χ3v) is 5.37. The molecule has 0 bridgehead atoms. The Morgan fingerprint density at radius 1 is 1.16 bits per heavy atom. The lowest BCUT2D eigenvalue weighted by Crippen LogP contribution is -2.25. The summed E-state index contributed by atoms with van der Waals surface area (Å²) in [6.45, 7) is 1.88. The normalized spacial score (nSPS) is 11.7. The smallest absolute Gasteiger partial charge is 0.268 e. The Balaban J connectivity index is 2.70. The summed E-state index contributed by atoms with van der Waals surface area (Å²) >= 11 is 1.22. The Hall–Kier alpha value is -1.47. The lowest BCUT2D eigenvalue weighted by atomic mass is 10.2. The Labute approximate surface area is 115 Å². The van der Waals surface area contributed by atoms with Crippen LogP contribution in [-0.4, -0.2) is 23.4 Å². The molecule has 0 aliphatic rings. The van der Waals surface area contributed by atoms with Crippen LogP contribution in [0.1, 0.15) is 5.56 Å². The zero-order chi connectivity index (χ0) is 14.2. The van der Waals surface area contributed by atoms with Gasteiger partial charge in [0.2, 0.25) is 0 Å². The van der Waals surface area contributed by atoms with Gasteiger partial charge in [-0.2, -0.15) is 12.5 Å². The van der Waals surface area contributed by atoms with E-state index in [0.29, 0.717) is 5.03 Å². The highest BCUT2D eigenvalue weighted by atomic mass is 32.2. The van der Waals surface area contributed by atoms with Crippen LogP contribution in [0.5, 0.6) is 0 Å². The molecule has 0 saturated heterocycles. The number of hydrogen-bond donors (Lipinski definition) is 0. The topological polar surface area (TPSA) is 61.1 Å². The van der Waals surface area contributed by atoms with Crippen LogP contribution in [-0.2, 0) is 17.1 Å². The average molecular weight is 298 g/mol. The van der Waals surface area contributed by atoms with Gasteiger partial charge in [0.05, 0.1) is 4.90 Å². The summed E-state index contributed by atoms with van der Waals surface area (Å²) in [6, 6.07) is 7.86. The first-order chi connectivity index (χ1) is 8.87. The minimum atomic E-state index is -3.75. The fraction of sp³-hybridized carbons (Fsp3) is 0.250. The van der Waals surface area contributed by atoms with Crippen LogP contribution in [0.3, 0.4) is 0 Å². The molecule has 102 valence electrons. The van der Waals surface area contributed by atoms with Crippen molar-refractivity contribution in [1.29, 1.82) is 0 Å². The van der Waals surface area contributed by atoms with Gasteiger partial charge in [-0.15, -0.1) is 11.8 Å². The van der Waals surface area contributed by atoms with Crippen molar-refractivity contribution in [2.45, 2.75) is 16.8 Å². The van der Waals surface area contributed by atoms with E-state index in [1.807, 2.05) is 6.92 Å². The number of nitrogens with zero attached hydrogens (tertiary/aromatic N) is 2. The van der Waals surface area contributed by atoms with Crippen molar-refractivity contribution < 1.29 is 8.42 Å². The molecule has 19 heavy (non-hydrogen) atoms. The standard InChI is InChI=1S/C12H14N2O3S2/c1-9-4-6-10(7-5-9)19(16,17)14-12(18-3)8-11(15)13(14)2/h4-8H,1-3H3. The highest BCUT2D eigenvalue weighted by molar-refractivity contribution is 7.99. The molecule has 0 radical (unpaired) electrons. The minimum Gasteiger partial charge on any atom is -0.268 e. The van der Waals surface area contributed by atoms with E-state index in [4.69, 9.17) is 0 Å². The van der Waals surface area contributed by atoms with E-state index in [-0.39, 0.29) is 10.5 Å². The molecule has 0 aliphatic carbocycles. The quantitative estimate of drug-likeness (QED) is 0.805. The summed E-state index contributed by atoms with van der Waals surface area (Å²) in [4.78, 5) is 11.8. The predicted octanol–water partition coefficient (Wildman–Crippen LogP) is 1.45. The van der Waals surface area contributed by atoms with Crippen LogP contribution < -0.4 is 5.56 Å². The molecular formula is C12H14N2O3S2. The molecule has 5 nitrogen and oxygen atoms in total. The third-order valence-electron chi connectivity index (χ3n) is 2.78. The summed E-state index contributed by atoms with van der Waals surface area (Å²) in [5.41, 5.74) is 0.630. The van der Waals surface area contributed by atoms with E-state index in [1.165, 1.54) is 24.9 Å². The number of aryl methyl sites for hydroxylation is 1. The zero-order valence-corrected chi connectivity index (χ0v) is 12.5. The van der Waals surface area contributed by atoms with E-state index in [9.17, 15) is 13.2 Å². The molecule has 0 aliphatic heterocycles. The molecule has 2 aromatic rings. The summed E-state index contributed by atoms with van der Waals surface area (Å²) < 4.78 is 27.2. The van der Waals surface area contributed by atoms with E-state index in [1.54, 1.807) is 30.5 Å². The Kier molecular flexibility index (Phi) is 3.60. The number of rotatable bonds is 3. The van der Waals surface area contributed by atoms with Crippen LogP contribution in [0, 0.1) is 6.92 Å². The molecule has 1 aromatic heterocycles. The van der Waals surface area contributed by atoms with E-state index in [0.717, 1.165) is 14.3 Å². The molecule has 0 spiro atoms. The summed E-state index contributed by atoms with van der Waals surface area (Å²) in [6.07, 6.45) is 1.73. The van der Waals surface area contributed by atoms with Crippen molar-refractivity contribution in [3.05, 3.63) is 46.2 Å². The van der Waals surface area contributed by atoms with E-state index >= 15 is 0 Å². The van der Waals surface area contributed by atoms with Gasteiger partial charge in [0.25, 0.3) is 15.6 Å². The number of hydrogen-bond acceptors (Lipinski definition) is 4. The van der Waals surface area contributed by atoms with Crippen LogP contribution in [0.2, 0.25) is 0 Å². The first-order valence-electron chi connectivity index (χ1n) is 5.53. The second kappa shape index (κ2) is 4.90. The molecule has 0 atom stereocenters. The van der Waals surface area contributed by atoms with E-state index < -0.39 is 10.0 Å². The SMILES string of the molecule is CSc1cc(=O)n(C)n1S(=O)(=O)c1ccc(C)cc1. The van der Waals surface area contributed by atoms with Crippen LogP contribution in [0.25, 0.3) is 0 Å². The molecule has 1 aromatic carbocycles. The maximum atomic E-state index is 12.5. The Bertz CT molecular complexity index is 755. The van der Waals surface area contributed by atoms with Crippen molar-refractivity contribution in [1.82, 2.24) is 8.77 Å². The predicted molar refractivity (Wildman–Crippen MR) is 75.2 cm³/mol. The summed E-state index contributed by atoms with van der Waals surface area (Å²) in [7, 11) is -2.31.